The number of rotatable bonds is 6. The molecule has 3 aromatic carbocycles. The number of fused-ring (bicyclic) bond motifs is 3. The summed E-state index contributed by atoms with van der Waals surface area (Å²) in [6.07, 6.45) is 2.14. The summed E-state index contributed by atoms with van der Waals surface area (Å²) in [5.74, 6) is 3.22. The summed E-state index contributed by atoms with van der Waals surface area (Å²) in [5.41, 5.74) is 9.49. The fraction of sp³-hybridized carbons (Fsp3) is 0.278. The molecule has 0 saturated heterocycles. The van der Waals surface area contributed by atoms with E-state index in [4.69, 9.17) is 9.15 Å². The van der Waals surface area contributed by atoms with Crippen LogP contribution in [0.5, 0.6) is 11.6 Å². The minimum atomic E-state index is 0.355. The molecule has 3 aromatic heterocycles. The van der Waals surface area contributed by atoms with Crippen LogP contribution in [0.15, 0.2) is 77.3 Å². The summed E-state index contributed by atoms with van der Waals surface area (Å²) in [6, 6.07) is 23.5. The molecule has 0 saturated carbocycles. The summed E-state index contributed by atoms with van der Waals surface area (Å²) in [4.78, 5) is 4.64. The highest BCUT2D eigenvalue weighted by Crippen LogP contribution is 2.40. The van der Waals surface area contributed by atoms with Crippen LogP contribution >= 0.6 is 0 Å². The van der Waals surface area contributed by atoms with Gasteiger partial charge in [-0.15, -0.1) is 0 Å². The number of aryl methyl sites for hydroxylation is 3. The lowest BCUT2D eigenvalue weighted by atomic mass is 9.92. The number of aromatic nitrogens is 3. The number of pyridine rings is 1. The van der Waals surface area contributed by atoms with Gasteiger partial charge < -0.3 is 9.15 Å². The Morgan fingerprint density at radius 1 is 0.780 bits per heavy atom. The first-order valence-electron chi connectivity index (χ1n) is 14.4. The summed E-state index contributed by atoms with van der Waals surface area (Å²) in [7, 11) is 2.08. The van der Waals surface area contributed by atoms with E-state index in [2.05, 4.69) is 130 Å². The standard InChI is InChI=1S/C36H38N3O2/c1-21(2)26-14-11-15-27(22(3)4)32(26)39-20-31(38(8)36(39)28-13-10-9-12-23(28)5)40-33-24(6)16-18-29-30-19-17-25(7)37-35(30)41-34(29)33/h9-22H,1-8H3/q+1. The number of para-hydroxylation sites is 1. The van der Waals surface area contributed by atoms with E-state index in [1.807, 2.05) is 13.0 Å². The van der Waals surface area contributed by atoms with Crippen molar-refractivity contribution in [3.8, 4) is 28.7 Å². The van der Waals surface area contributed by atoms with Crippen molar-refractivity contribution in [1.29, 1.82) is 0 Å². The van der Waals surface area contributed by atoms with Gasteiger partial charge in [0.15, 0.2) is 17.5 Å². The molecule has 3 heterocycles. The number of furan rings is 1. The third kappa shape index (κ3) is 4.50. The highest BCUT2D eigenvalue weighted by molar-refractivity contribution is 6.06. The monoisotopic (exact) mass is 544 g/mol. The van der Waals surface area contributed by atoms with Crippen molar-refractivity contribution in [2.75, 3.05) is 0 Å². The molecular formula is C36H38N3O2+. The van der Waals surface area contributed by atoms with Crippen LogP contribution in [0.4, 0.5) is 0 Å². The van der Waals surface area contributed by atoms with Crippen molar-refractivity contribution >= 4 is 22.1 Å². The Balaban J connectivity index is 1.63. The Kier molecular flexibility index (Phi) is 6.69. The maximum absolute atomic E-state index is 6.84. The molecule has 5 nitrogen and oxygen atoms in total. The highest BCUT2D eigenvalue weighted by Gasteiger charge is 2.31. The molecule has 0 bridgehead atoms. The predicted octanol–water partition coefficient (Wildman–Crippen LogP) is 9.23. The first kappa shape index (κ1) is 26.8. The molecule has 0 spiro atoms. The average Bonchev–Trinajstić information content (AvgIpc) is 3.46. The van der Waals surface area contributed by atoms with Gasteiger partial charge in [-0.2, -0.15) is 9.13 Å². The van der Waals surface area contributed by atoms with E-state index >= 15 is 0 Å². The van der Waals surface area contributed by atoms with Gasteiger partial charge in [-0.1, -0.05) is 70.2 Å². The van der Waals surface area contributed by atoms with Gasteiger partial charge in [0.25, 0.3) is 5.82 Å². The van der Waals surface area contributed by atoms with Crippen LogP contribution in [-0.4, -0.2) is 9.55 Å². The van der Waals surface area contributed by atoms with Gasteiger partial charge in [0.2, 0.25) is 5.71 Å². The molecule has 0 atom stereocenters. The molecule has 0 radical (unpaired) electrons. The fourth-order valence-corrected chi connectivity index (χ4v) is 5.83. The SMILES string of the molecule is Cc1ccc2c(n1)oc1c(Oc3cn(-c4c(C(C)C)cccc4C(C)C)c(-c4ccccc4C)[n+]3C)c(C)ccc12. The Morgan fingerprint density at radius 2 is 1.46 bits per heavy atom. The first-order chi connectivity index (χ1) is 19.7. The van der Waals surface area contributed by atoms with Crippen LogP contribution in [0.25, 0.3) is 39.1 Å². The summed E-state index contributed by atoms with van der Waals surface area (Å²) >= 11 is 0. The predicted molar refractivity (Wildman–Crippen MR) is 166 cm³/mol. The Morgan fingerprint density at radius 3 is 2.15 bits per heavy atom. The quantitative estimate of drug-likeness (QED) is 0.196. The Hall–Kier alpha value is -4.38. The van der Waals surface area contributed by atoms with E-state index < -0.39 is 0 Å². The first-order valence-corrected chi connectivity index (χ1v) is 14.4. The lowest BCUT2D eigenvalue weighted by molar-refractivity contribution is -0.663. The Bertz CT molecular complexity index is 1900. The van der Waals surface area contributed by atoms with Crippen LogP contribution in [0.1, 0.15) is 67.5 Å². The molecule has 5 heteroatoms. The molecule has 0 aliphatic carbocycles. The number of hydrogen-bond acceptors (Lipinski definition) is 3. The van der Waals surface area contributed by atoms with E-state index in [1.165, 1.54) is 22.4 Å². The number of benzene rings is 3. The van der Waals surface area contributed by atoms with E-state index in [1.54, 1.807) is 0 Å². The second-order valence-electron chi connectivity index (χ2n) is 11.7. The van der Waals surface area contributed by atoms with Crippen molar-refractivity contribution < 1.29 is 13.7 Å². The van der Waals surface area contributed by atoms with Crippen LogP contribution in [0, 0.1) is 20.8 Å². The molecule has 6 aromatic rings. The molecule has 0 aliphatic heterocycles. The molecule has 0 amide bonds. The summed E-state index contributed by atoms with van der Waals surface area (Å²) in [5, 5.41) is 1.99. The number of nitrogens with zero attached hydrogens (tertiary/aromatic N) is 3. The fourth-order valence-electron chi connectivity index (χ4n) is 5.83. The van der Waals surface area contributed by atoms with Gasteiger partial charge in [-0.05, 0) is 68.0 Å². The van der Waals surface area contributed by atoms with Crippen LogP contribution in [0.2, 0.25) is 0 Å². The Labute approximate surface area is 242 Å². The molecule has 6 rings (SSSR count). The van der Waals surface area contributed by atoms with E-state index in [0.29, 0.717) is 28.9 Å². The van der Waals surface area contributed by atoms with Crippen LogP contribution in [0.3, 0.4) is 0 Å². The second-order valence-corrected chi connectivity index (χ2v) is 11.7. The zero-order valence-electron chi connectivity index (χ0n) is 25.2. The normalized spacial score (nSPS) is 11.9. The molecular weight excluding hydrogens is 506 g/mol. The second kappa shape index (κ2) is 10.2. The average molecular weight is 545 g/mol. The topological polar surface area (TPSA) is 44.1 Å². The van der Waals surface area contributed by atoms with Crippen molar-refractivity contribution in [2.45, 2.75) is 60.3 Å². The van der Waals surface area contributed by atoms with Gasteiger partial charge >= 0.3 is 5.88 Å². The van der Waals surface area contributed by atoms with E-state index in [9.17, 15) is 0 Å². The zero-order valence-corrected chi connectivity index (χ0v) is 25.2. The van der Waals surface area contributed by atoms with Crippen molar-refractivity contribution in [3.05, 3.63) is 101 Å². The maximum atomic E-state index is 6.84. The highest BCUT2D eigenvalue weighted by atomic mass is 16.5. The largest absolute Gasteiger partial charge is 0.434 e. The van der Waals surface area contributed by atoms with E-state index in [0.717, 1.165) is 39.3 Å². The molecule has 41 heavy (non-hydrogen) atoms. The third-order valence-electron chi connectivity index (χ3n) is 8.09. The molecule has 0 fully saturated rings. The van der Waals surface area contributed by atoms with Crippen LogP contribution < -0.4 is 9.30 Å². The number of ether oxygens (including phenoxy) is 1. The van der Waals surface area contributed by atoms with Gasteiger partial charge in [-0.3, -0.25) is 0 Å². The molecule has 0 aliphatic rings. The molecule has 208 valence electrons. The lowest BCUT2D eigenvalue weighted by Gasteiger charge is -2.17. The number of hydrogen-bond donors (Lipinski definition) is 0. The molecule has 0 unspecified atom stereocenters. The summed E-state index contributed by atoms with van der Waals surface area (Å²) in [6.45, 7) is 15.3. The zero-order chi connectivity index (χ0) is 29.0. The van der Waals surface area contributed by atoms with Gasteiger partial charge in [0.1, 0.15) is 5.69 Å². The smallest absolute Gasteiger partial charge is 0.330 e. The van der Waals surface area contributed by atoms with Crippen molar-refractivity contribution in [1.82, 2.24) is 9.55 Å². The van der Waals surface area contributed by atoms with E-state index in [-0.39, 0.29) is 0 Å². The third-order valence-corrected chi connectivity index (χ3v) is 8.09. The molecule has 0 N–H and O–H groups in total. The lowest BCUT2D eigenvalue weighted by Crippen LogP contribution is -2.31. The minimum absolute atomic E-state index is 0.355. The van der Waals surface area contributed by atoms with Crippen molar-refractivity contribution in [2.24, 2.45) is 7.05 Å². The van der Waals surface area contributed by atoms with Crippen molar-refractivity contribution in [3.63, 3.8) is 0 Å². The van der Waals surface area contributed by atoms with Gasteiger partial charge in [0.05, 0.1) is 12.6 Å². The minimum Gasteiger partial charge on any atom is -0.434 e. The number of imidazole rings is 1. The maximum Gasteiger partial charge on any atom is 0.330 e. The summed E-state index contributed by atoms with van der Waals surface area (Å²) < 4.78 is 17.7. The van der Waals surface area contributed by atoms with Gasteiger partial charge in [0, 0.05) is 27.6 Å². The van der Waals surface area contributed by atoms with Gasteiger partial charge in [-0.25, -0.2) is 4.98 Å². The van der Waals surface area contributed by atoms with Crippen LogP contribution in [-0.2, 0) is 7.05 Å².